The molecule has 0 aliphatic carbocycles. The highest BCUT2D eigenvalue weighted by Gasteiger charge is 2.22. The molecule has 1 aromatic rings. The van der Waals surface area contributed by atoms with Crippen molar-refractivity contribution < 1.29 is 4.79 Å². The van der Waals surface area contributed by atoms with Crippen LogP contribution in [0.2, 0.25) is 0 Å². The molecule has 21 heavy (non-hydrogen) atoms. The van der Waals surface area contributed by atoms with Crippen LogP contribution >= 0.6 is 0 Å². The van der Waals surface area contributed by atoms with Crippen molar-refractivity contribution in [1.82, 2.24) is 10.2 Å². The quantitative estimate of drug-likeness (QED) is 0.883. The van der Waals surface area contributed by atoms with Crippen LogP contribution < -0.4 is 11.1 Å². The van der Waals surface area contributed by atoms with Crippen molar-refractivity contribution in [2.75, 3.05) is 6.54 Å². The molecule has 0 aromatic heterocycles. The van der Waals surface area contributed by atoms with Gasteiger partial charge in [0.15, 0.2) is 0 Å². The first-order chi connectivity index (χ1) is 10.3. The molecule has 0 saturated carbocycles. The summed E-state index contributed by atoms with van der Waals surface area (Å²) in [5, 5.41) is 3.12. The summed E-state index contributed by atoms with van der Waals surface area (Å²) in [5.74, 6) is -0.419. The fraction of sp³-hybridized carbons (Fsp3) is 0.118. The number of carbonyl (C=O) groups excluding carboxylic acids is 1. The van der Waals surface area contributed by atoms with Gasteiger partial charge in [-0.2, -0.15) is 0 Å². The second-order valence-electron chi connectivity index (χ2n) is 4.95. The normalized spacial score (nSPS) is 16.4. The molecule has 0 saturated heterocycles. The number of amides is 1. The van der Waals surface area contributed by atoms with E-state index in [0.717, 1.165) is 24.4 Å². The van der Waals surface area contributed by atoms with Crippen LogP contribution in [-0.4, -0.2) is 17.4 Å². The van der Waals surface area contributed by atoms with Gasteiger partial charge >= 0.3 is 0 Å². The number of fused-ring (bicyclic) bond motifs is 1. The molecule has 3 N–H and O–H groups in total. The molecule has 0 spiro atoms. The Morgan fingerprint density at radius 2 is 2.05 bits per heavy atom. The third kappa shape index (κ3) is 2.74. The molecule has 2 heterocycles. The molecule has 4 nitrogen and oxygen atoms in total. The molecule has 3 rings (SSSR count). The fourth-order valence-corrected chi connectivity index (χ4v) is 2.51. The van der Waals surface area contributed by atoms with Crippen molar-refractivity contribution in [2.24, 2.45) is 5.73 Å². The van der Waals surface area contributed by atoms with Crippen LogP contribution in [0.4, 0.5) is 0 Å². The van der Waals surface area contributed by atoms with Crippen LogP contribution in [0.3, 0.4) is 0 Å². The van der Waals surface area contributed by atoms with E-state index in [0.29, 0.717) is 5.57 Å². The van der Waals surface area contributed by atoms with E-state index in [2.05, 4.69) is 22.3 Å². The molecule has 0 bridgehead atoms. The van der Waals surface area contributed by atoms with E-state index in [1.54, 1.807) is 12.3 Å². The predicted octanol–water partition coefficient (Wildman–Crippen LogP) is 1.80. The summed E-state index contributed by atoms with van der Waals surface area (Å²) < 4.78 is 0. The lowest BCUT2D eigenvalue weighted by Crippen LogP contribution is -2.32. The highest BCUT2D eigenvalue weighted by atomic mass is 16.1. The number of rotatable bonds is 4. The monoisotopic (exact) mass is 279 g/mol. The number of nitrogens with zero attached hydrogens (tertiary/aromatic N) is 1. The van der Waals surface area contributed by atoms with Crippen LogP contribution in [0.5, 0.6) is 0 Å². The van der Waals surface area contributed by atoms with E-state index in [1.165, 1.54) is 5.56 Å². The minimum Gasteiger partial charge on any atom is -0.366 e. The van der Waals surface area contributed by atoms with E-state index < -0.39 is 5.91 Å². The highest BCUT2D eigenvalue weighted by Crippen LogP contribution is 2.25. The van der Waals surface area contributed by atoms with Crippen molar-refractivity contribution in [3.05, 3.63) is 83.5 Å². The summed E-state index contributed by atoms with van der Waals surface area (Å²) in [6, 6.07) is 10.3. The summed E-state index contributed by atoms with van der Waals surface area (Å²) in [7, 11) is 0. The predicted molar refractivity (Wildman–Crippen MR) is 82.6 cm³/mol. The summed E-state index contributed by atoms with van der Waals surface area (Å²) in [5.41, 5.74) is 8.99. The molecular formula is C17H17N3O. The van der Waals surface area contributed by atoms with Crippen molar-refractivity contribution in [1.29, 1.82) is 0 Å². The lowest BCUT2D eigenvalue weighted by atomic mass is 10.0. The summed E-state index contributed by atoms with van der Waals surface area (Å²) >= 11 is 0. The highest BCUT2D eigenvalue weighted by molar-refractivity contribution is 5.96. The van der Waals surface area contributed by atoms with Crippen molar-refractivity contribution in [2.45, 2.75) is 6.42 Å². The minimum absolute atomic E-state index is 0.419. The fourth-order valence-electron chi connectivity index (χ4n) is 2.51. The van der Waals surface area contributed by atoms with E-state index in [1.807, 2.05) is 36.6 Å². The second kappa shape index (κ2) is 5.71. The first-order valence-corrected chi connectivity index (χ1v) is 6.92. The molecule has 1 aromatic carbocycles. The lowest BCUT2D eigenvalue weighted by molar-refractivity contribution is -0.114. The molecule has 0 radical (unpaired) electrons. The topological polar surface area (TPSA) is 58.4 Å². The molecular weight excluding hydrogens is 262 g/mol. The third-order valence-corrected chi connectivity index (χ3v) is 3.58. The molecule has 2 aliphatic rings. The Hall–Kier alpha value is -2.75. The number of hydrogen-bond donors (Lipinski definition) is 2. The number of primary amides is 1. The van der Waals surface area contributed by atoms with Gasteiger partial charge in [0, 0.05) is 18.9 Å². The zero-order valence-corrected chi connectivity index (χ0v) is 11.6. The van der Waals surface area contributed by atoms with E-state index in [9.17, 15) is 4.79 Å². The van der Waals surface area contributed by atoms with Gasteiger partial charge in [0.1, 0.15) is 0 Å². The number of allylic oxidation sites excluding steroid dienone is 2. The van der Waals surface area contributed by atoms with Crippen molar-refractivity contribution >= 4 is 5.91 Å². The Morgan fingerprint density at radius 3 is 2.81 bits per heavy atom. The molecule has 106 valence electrons. The SMILES string of the molecule is NC(=O)C1=C2NC=CC=C2N(CCc2ccccc2)C=C1. The van der Waals surface area contributed by atoms with Crippen molar-refractivity contribution in [3.63, 3.8) is 0 Å². The maximum Gasteiger partial charge on any atom is 0.250 e. The lowest BCUT2D eigenvalue weighted by Gasteiger charge is -2.31. The van der Waals surface area contributed by atoms with Gasteiger partial charge in [-0.25, -0.2) is 0 Å². The summed E-state index contributed by atoms with van der Waals surface area (Å²) in [4.78, 5) is 13.6. The average Bonchev–Trinajstić information content (AvgIpc) is 2.53. The molecule has 1 amide bonds. The smallest absolute Gasteiger partial charge is 0.250 e. The van der Waals surface area contributed by atoms with Crippen LogP contribution in [0, 0.1) is 0 Å². The molecule has 2 aliphatic heterocycles. The Morgan fingerprint density at radius 1 is 1.24 bits per heavy atom. The number of dihydropyridines is 1. The Labute approximate surface area is 123 Å². The zero-order valence-electron chi connectivity index (χ0n) is 11.6. The van der Waals surface area contributed by atoms with Crippen LogP contribution in [0.15, 0.2) is 77.9 Å². The first-order valence-electron chi connectivity index (χ1n) is 6.92. The maximum atomic E-state index is 11.5. The Balaban J connectivity index is 1.79. The van der Waals surface area contributed by atoms with Crippen LogP contribution in [-0.2, 0) is 11.2 Å². The van der Waals surface area contributed by atoms with Gasteiger partial charge < -0.3 is 16.0 Å². The van der Waals surface area contributed by atoms with Crippen molar-refractivity contribution in [3.8, 4) is 0 Å². The summed E-state index contributed by atoms with van der Waals surface area (Å²) in [6.45, 7) is 0.845. The Bertz CT molecular complexity index is 669. The molecule has 0 fully saturated rings. The number of hydrogen-bond acceptors (Lipinski definition) is 3. The summed E-state index contributed by atoms with van der Waals surface area (Å²) in [6.07, 6.45) is 10.3. The zero-order chi connectivity index (χ0) is 14.7. The maximum absolute atomic E-state index is 11.5. The minimum atomic E-state index is -0.419. The average molecular weight is 279 g/mol. The van der Waals surface area contributed by atoms with Gasteiger partial charge in [0.25, 0.3) is 5.91 Å². The van der Waals surface area contributed by atoms with Gasteiger partial charge in [0.05, 0.1) is 17.0 Å². The van der Waals surface area contributed by atoms with Gasteiger partial charge in [-0.3, -0.25) is 4.79 Å². The van der Waals surface area contributed by atoms with Gasteiger partial charge in [-0.1, -0.05) is 30.3 Å². The Kier molecular flexibility index (Phi) is 3.60. The van der Waals surface area contributed by atoms with E-state index >= 15 is 0 Å². The third-order valence-electron chi connectivity index (χ3n) is 3.58. The van der Waals surface area contributed by atoms with E-state index in [-0.39, 0.29) is 0 Å². The van der Waals surface area contributed by atoms with Gasteiger partial charge in [-0.05, 0) is 30.2 Å². The van der Waals surface area contributed by atoms with Crippen LogP contribution in [0.1, 0.15) is 5.56 Å². The number of nitrogens with one attached hydrogen (secondary N) is 1. The standard InChI is InChI=1S/C17H17N3O/c18-17(21)14-9-12-20(15-7-4-10-19-16(14)15)11-8-13-5-2-1-3-6-13/h1-7,9-10,12,19H,8,11H2,(H2,18,21). The van der Waals surface area contributed by atoms with Gasteiger partial charge in [0.2, 0.25) is 0 Å². The van der Waals surface area contributed by atoms with E-state index in [4.69, 9.17) is 5.73 Å². The number of benzene rings is 1. The largest absolute Gasteiger partial charge is 0.366 e. The van der Waals surface area contributed by atoms with Gasteiger partial charge in [-0.15, -0.1) is 0 Å². The number of carbonyl (C=O) groups is 1. The second-order valence-corrected chi connectivity index (χ2v) is 4.95. The number of nitrogens with two attached hydrogens (primary N) is 1. The van der Waals surface area contributed by atoms with Crippen LogP contribution in [0.25, 0.3) is 0 Å². The first kappa shape index (κ1) is 13.2. The molecule has 0 unspecified atom stereocenters. The molecule has 4 heteroatoms. The molecule has 0 atom stereocenters.